The highest BCUT2D eigenvalue weighted by molar-refractivity contribution is 5.01. The molecule has 0 radical (unpaired) electrons. The molecule has 0 aromatic heterocycles. The van der Waals surface area contributed by atoms with Crippen LogP contribution in [0.25, 0.3) is 0 Å². The second kappa shape index (κ2) is 10.4. The molecule has 0 spiro atoms. The quantitative estimate of drug-likeness (QED) is 0.179. The molecule has 2 heterocycles. The van der Waals surface area contributed by atoms with Gasteiger partial charge >= 0.3 is 0 Å². The van der Waals surface area contributed by atoms with E-state index in [-0.39, 0.29) is 19.6 Å². The highest BCUT2D eigenvalue weighted by Crippen LogP contribution is 2.31. The van der Waals surface area contributed by atoms with Gasteiger partial charge in [0.15, 0.2) is 12.6 Å². The molecule has 13 heteroatoms. The summed E-state index contributed by atoms with van der Waals surface area (Å²) in [5.74, 6) is 0. The summed E-state index contributed by atoms with van der Waals surface area (Å²) in [6.07, 6.45) is -5.73. The third-order valence-electron chi connectivity index (χ3n) is 6.68. The van der Waals surface area contributed by atoms with E-state index in [1.165, 1.54) is 6.92 Å². The first-order valence-electron chi connectivity index (χ1n) is 11.0. The Labute approximate surface area is 187 Å². The molecule has 13 unspecified atom stereocenters. The summed E-state index contributed by atoms with van der Waals surface area (Å²) in [6, 6.07) is -3.40. The van der Waals surface area contributed by atoms with Crippen LogP contribution in [0, 0.1) is 0 Å². The van der Waals surface area contributed by atoms with E-state index in [1.54, 1.807) is 0 Å². The maximum Gasteiger partial charge on any atom is 0.185 e. The zero-order valence-electron chi connectivity index (χ0n) is 18.3. The molecular weight excluding hydrogens is 426 g/mol. The van der Waals surface area contributed by atoms with E-state index < -0.39 is 78.9 Å². The fourth-order valence-corrected chi connectivity index (χ4v) is 4.45. The zero-order valence-corrected chi connectivity index (χ0v) is 18.3. The topological polar surface area (TPSA) is 248 Å². The predicted octanol–water partition coefficient (Wildman–Crippen LogP) is -4.88. The number of hydrogen-bond acceptors (Lipinski definition) is 13. The second-order valence-corrected chi connectivity index (χ2v) is 9.44. The lowest BCUT2D eigenvalue weighted by Gasteiger charge is -2.48. The highest BCUT2D eigenvalue weighted by Gasteiger charge is 2.50. The lowest BCUT2D eigenvalue weighted by Crippen LogP contribution is -2.68. The van der Waals surface area contributed by atoms with Crippen molar-refractivity contribution in [1.29, 1.82) is 0 Å². The van der Waals surface area contributed by atoms with Gasteiger partial charge in [-0.05, 0) is 26.2 Å². The fraction of sp³-hybridized carbons (Fsp3) is 1.00. The average molecular weight is 466 g/mol. The van der Waals surface area contributed by atoms with E-state index in [0.717, 1.165) is 0 Å². The van der Waals surface area contributed by atoms with Crippen LogP contribution < -0.4 is 28.7 Å². The van der Waals surface area contributed by atoms with Crippen molar-refractivity contribution in [3.05, 3.63) is 0 Å². The van der Waals surface area contributed by atoms with Gasteiger partial charge in [-0.2, -0.15) is 0 Å². The average Bonchev–Trinajstić information content (AvgIpc) is 2.74. The smallest absolute Gasteiger partial charge is 0.185 e. The molecule has 13 nitrogen and oxygen atoms in total. The Kier molecular flexibility index (Phi) is 8.48. The van der Waals surface area contributed by atoms with Gasteiger partial charge < -0.3 is 68.0 Å². The summed E-state index contributed by atoms with van der Waals surface area (Å²) in [5.41, 5.74) is 28.9. The molecule has 3 aliphatic rings. The number of nitrogens with two attached hydrogens (primary N) is 5. The van der Waals surface area contributed by atoms with Crippen LogP contribution in [0.2, 0.25) is 0 Å². The van der Waals surface area contributed by atoms with Crippen LogP contribution in [0.4, 0.5) is 0 Å². The van der Waals surface area contributed by atoms with Gasteiger partial charge in [0.2, 0.25) is 0 Å². The van der Waals surface area contributed by atoms with Crippen molar-refractivity contribution in [2.45, 2.75) is 105 Å². The predicted molar refractivity (Wildman–Crippen MR) is 112 cm³/mol. The fourth-order valence-electron chi connectivity index (χ4n) is 4.45. The monoisotopic (exact) mass is 465 g/mol. The van der Waals surface area contributed by atoms with Crippen molar-refractivity contribution >= 4 is 0 Å². The van der Waals surface area contributed by atoms with E-state index in [0.29, 0.717) is 12.8 Å². The van der Waals surface area contributed by atoms with Gasteiger partial charge in [-0.25, -0.2) is 0 Å². The van der Waals surface area contributed by atoms with E-state index in [9.17, 15) is 20.4 Å². The Morgan fingerprint density at radius 1 is 0.969 bits per heavy atom. The number of ether oxygens (including phenoxy) is 4. The van der Waals surface area contributed by atoms with Crippen molar-refractivity contribution < 1.29 is 39.4 Å². The summed E-state index contributed by atoms with van der Waals surface area (Å²) >= 11 is 0. The highest BCUT2D eigenvalue weighted by atomic mass is 16.7. The Morgan fingerprint density at radius 3 is 2.16 bits per heavy atom. The molecule has 0 amide bonds. The molecule has 2 aliphatic heterocycles. The molecule has 3 rings (SSSR count). The largest absolute Gasteiger partial charge is 0.395 e. The molecule has 0 bridgehead atoms. The lowest BCUT2D eigenvalue weighted by atomic mass is 9.84. The summed E-state index contributed by atoms with van der Waals surface area (Å²) in [6.45, 7) is 1.04. The summed E-state index contributed by atoms with van der Waals surface area (Å²) in [7, 11) is 0. The molecule has 1 aliphatic carbocycles. The molecule has 0 aromatic rings. The second-order valence-electron chi connectivity index (χ2n) is 9.44. The van der Waals surface area contributed by atoms with Gasteiger partial charge in [-0.1, -0.05) is 0 Å². The van der Waals surface area contributed by atoms with Crippen LogP contribution in [0.3, 0.4) is 0 Å². The van der Waals surface area contributed by atoms with Gasteiger partial charge in [0.25, 0.3) is 0 Å². The minimum atomic E-state index is -1.43. The molecule has 3 fully saturated rings. The van der Waals surface area contributed by atoms with Crippen molar-refractivity contribution in [3.8, 4) is 0 Å². The molecule has 0 aromatic carbocycles. The van der Waals surface area contributed by atoms with Gasteiger partial charge in [0.05, 0.1) is 37.4 Å². The van der Waals surface area contributed by atoms with Gasteiger partial charge in [0.1, 0.15) is 30.0 Å². The molecule has 14 N–H and O–H groups in total. The van der Waals surface area contributed by atoms with Crippen LogP contribution in [-0.2, 0) is 18.9 Å². The van der Waals surface area contributed by atoms with Crippen LogP contribution in [0.1, 0.15) is 26.2 Å². The molecular formula is C19H39N5O8. The van der Waals surface area contributed by atoms with Crippen molar-refractivity contribution in [3.63, 3.8) is 0 Å². The normalized spacial score (nSPS) is 51.4. The van der Waals surface area contributed by atoms with Crippen LogP contribution >= 0.6 is 0 Å². The SMILES string of the molecule is CC1(O)COC(OC2C(N)CC(N)C(OC3OC(C(N)CO)CCC3N)C2O)C(O)C1N. The third kappa shape index (κ3) is 5.41. The molecule has 13 atom stereocenters. The Bertz CT molecular complexity index is 618. The minimum absolute atomic E-state index is 0.162. The van der Waals surface area contributed by atoms with Crippen LogP contribution in [0.5, 0.6) is 0 Å². The number of aliphatic hydroxyl groups is 4. The van der Waals surface area contributed by atoms with E-state index >= 15 is 0 Å². The van der Waals surface area contributed by atoms with Gasteiger partial charge in [0, 0.05) is 12.1 Å². The van der Waals surface area contributed by atoms with Crippen molar-refractivity contribution in [2.24, 2.45) is 28.7 Å². The van der Waals surface area contributed by atoms with E-state index in [2.05, 4.69) is 0 Å². The molecule has 32 heavy (non-hydrogen) atoms. The third-order valence-corrected chi connectivity index (χ3v) is 6.68. The first-order valence-corrected chi connectivity index (χ1v) is 11.0. The molecule has 188 valence electrons. The minimum Gasteiger partial charge on any atom is -0.395 e. The number of rotatable bonds is 6. The van der Waals surface area contributed by atoms with Crippen LogP contribution in [0.15, 0.2) is 0 Å². The number of hydrogen-bond donors (Lipinski definition) is 9. The lowest BCUT2D eigenvalue weighted by molar-refractivity contribution is -0.305. The maximum atomic E-state index is 11.0. The molecule has 2 saturated heterocycles. The van der Waals surface area contributed by atoms with E-state index in [4.69, 9.17) is 47.6 Å². The first kappa shape index (κ1) is 26.1. The Hall–Kier alpha value is -0.520. The first-order chi connectivity index (χ1) is 15.0. The van der Waals surface area contributed by atoms with Crippen LogP contribution in [-0.4, -0.2) is 113 Å². The molecule has 1 saturated carbocycles. The standard InChI is InChI=1S/C19H39N5O8/c1-19(28)6-29-18(13(27)16(19)24)32-15-9(22)4-8(21)14(12(15)26)31-17-7(20)2-3-11(30-17)10(23)5-25/h7-18,25-28H,2-6,20-24H2,1H3. The Balaban J connectivity index is 1.67. The van der Waals surface area contributed by atoms with Crippen molar-refractivity contribution in [1.82, 2.24) is 0 Å². The Morgan fingerprint density at radius 2 is 1.56 bits per heavy atom. The van der Waals surface area contributed by atoms with Gasteiger partial charge in [-0.3, -0.25) is 0 Å². The number of aliphatic hydroxyl groups excluding tert-OH is 3. The zero-order chi connectivity index (χ0) is 23.8. The summed E-state index contributed by atoms with van der Waals surface area (Å²) in [5, 5.41) is 40.9. The van der Waals surface area contributed by atoms with Gasteiger partial charge in [-0.15, -0.1) is 0 Å². The van der Waals surface area contributed by atoms with E-state index in [1.807, 2.05) is 0 Å². The summed E-state index contributed by atoms with van der Waals surface area (Å²) < 4.78 is 23.1. The summed E-state index contributed by atoms with van der Waals surface area (Å²) in [4.78, 5) is 0. The maximum absolute atomic E-state index is 11.0. The van der Waals surface area contributed by atoms with Crippen molar-refractivity contribution in [2.75, 3.05) is 13.2 Å².